The van der Waals surface area contributed by atoms with Crippen molar-refractivity contribution in [3.8, 4) is 5.75 Å². The zero-order chi connectivity index (χ0) is 25.6. The molecule has 1 N–H and O–H groups in total. The zero-order valence-corrected chi connectivity index (χ0v) is 21.2. The number of amides is 1. The first-order valence-electron chi connectivity index (χ1n) is 11.3. The summed E-state index contributed by atoms with van der Waals surface area (Å²) in [5.74, 6) is 0.0522. The molecule has 3 rings (SSSR count). The van der Waals surface area contributed by atoms with Gasteiger partial charge in [0.25, 0.3) is 5.91 Å². The third kappa shape index (κ3) is 7.55. The van der Waals surface area contributed by atoms with Crippen LogP contribution in [0.1, 0.15) is 42.3 Å². The molecule has 35 heavy (non-hydrogen) atoms. The van der Waals surface area contributed by atoms with Gasteiger partial charge >= 0.3 is 0 Å². The summed E-state index contributed by atoms with van der Waals surface area (Å²) in [6.45, 7) is 7.19. The van der Waals surface area contributed by atoms with Crippen LogP contribution in [0.25, 0.3) is 0 Å². The third-order valence-electron chi connectivity index (χ3n) is 5.43. The molecular formula is C27H31FN2O4S. The molecule has 3 aromatic carbocycles. The van der Waals surface area contributed by atoms with E-state index in [1.54, 1.807) is 24.3 Å². The molecule has 0 atom stereocenters. The Kier molecular flexibility index (Phi) is 8.17. The SMILES string of the molecule is CC(C)(C)c1ccc(OCCNC(=O)c2ccc(CN(c3ccc(F)cc3)S(C)(=O)=O)cc2)cc1. The quantitative estimate of drug-likeness (QED) is 0.426. The topological polar surface area (TPSA) is 75.7 Å². The largest absolute Gasteiger partial charge is 0.492 e. The van der Waals surface area contributed by atoms with Gasteiger partial charge in [0.05, 0.1) is 25.0 Å². The first-order chi connectivity index (χ1) is 16.4. The Hall–Kier alpha value is -3.39. The minimum Gasteiger partial charge on any atom is -0.492 e. The van der Waals surface area contributed by atoms with Crippen LogP contribution in [-0.4, -0.2) is 33.7 Å². The fourth-order valence-corrected chi connectivity index (χ4v) is 4.31. The van der Waals surface area contributed by atoms with Crippen molar-refractivity contribution in [3.05, 3.63) is 95.3 Å². The van der Waals surface area contributed by atoms with E-state index in [1.807, 2.05) is 24.3 Å². The van der Waals surface area contributed by atoms with Gasteiger partial charge in [-0.25, -0.2) is 12.8 Å². The summed E-state index contributed by atoms with van der Waals surface area (Å²) in [7, 11) is -3.59. The van der Waals surface area contributed by atoms with Gasteiger partial charge in [0, 0.05) is 5.56 Å². The molecule has 0 saturated carbocycles. The van der Waals surface area contributed by atoms with E-state index in [4.69, 9.17) is 4.74 Å². The molecule has 0 bridgehead atoms. The number of halogens is 1. The van der Waals surface area contributed by atoms with E-state index >= 15 is 0 Å². The molecule has 0 spiro atoms. The fraction of sp³-hybridized carbons (Fsp3) is 0.296. The molecule has 0 unspecified atom stereocenters. The zero-order valence-electron chi connectivity index (χ0n) is 20.4. The lowest BCUT2D eigenvalue weighted by atomic mass is 9.87. The summed E-state index contributed by atoms with van der Waals surface area (Å²) in [6, 6.07) is 19.9. The van der Waals surface area contributed by atoms with Gasteiger partial charge in [-0.15, -0.1) is 0 Å². The van der Waals surface area contributed by atoms with Crippen molar-refractivity contribution >= 4 is 21.6 Å². The van der Waals surface area contributed by atoms with Crippen molar-refractivity contribution in [1.29, 1.82) is 0 Å². The summed E-state index contributed by atoms with van der Waals surface area (Å²) in [5, 5.41) is 2.81. The second-order valence-corrected chi connectivity index (χ2v) is 11.2. The Balaban J connectivity index is 1.53. The van der Waals surface area contributed by atoms with Crippen LogP contribution in [0.4, 0.5) is 10.1 Å². The predicted octanol–water partition coefficient (Wildman–Crippen LogP) is 4.90. The van der Waals surface area contributed by atoms with Crippen LogP contribution < -0.4 is 14.4 Å². The van der Waals surface area contributed by atoms with Crippen LogP contribution in [0.15, 0.2) is 72.8 Å². The van der Waals surface area contributed by atoms with Crippen LogP contribution in [0, 0.1) is 5.82 Å². The molecule has 3 aromatic rings. The number of hydrogen-bond donors (Lipinski definition) is 1. The maximum atomic E-state index is 13.2. The summed E-state index contributed by atoms with van der Waals surface area (Å²) in [4.78, 5) is 12.4. The fourth-order valence-electron chi connectivity index (χ4n) is 3.42. The van der Waals surface area contributed by atoms with Gasteiger partial charge in [0.1, 0.15) is 18.2 Å². The molecule has 1 amide bonds. The van der Waals surface area contributed by atoms with Crippen molar-refractivity contribution in [1.82, 2.24) is 5.32 Å². The molecule has 186 valence electrons. The lowest BCUT2D eigenvalue weighted by molar-refractivity contribution is 0.0947. The van der Waals surface area contributed by atoms with Crippen molar-refractivity contribution in [2.75, 3.05) is 23.7 Å². The van der Waals surface area contributed by atoms with E-state index in [0.717, 1.165) is 12.0 Å². The van der Waals surface area contributed by atoms with E-state index in [1.165, 1.54) is 34.1 Å². The summed E-state index contributed by atoms with van der Waals surface area (Å²) < 4.78 is 44.6. The molecule has 6 nitrogen and oxygen atoms in total. The van der Waals surface area contributed by atoms with E-state index in [0.29, 0.717) is 30.0 Å². The van der Waals surface area contributed by atoms with Crippen molar-refractivity contribution in [2.24, 2.45) is 0 Å². The number of anilines is 1. The van der Waals surface area contributed by atoms with Crippen molar-refractivity contribution in [3.63, 3.8) is 0 Å². The predicted molar refractivity (Wildman–Crippen MR) is 137 cm³/mol. The van der Waals surface area contributed by atoms with Gasteiger partial charge in [-0.2, -0.15) is 0 Å². The Morgan fingerprint density at radius 1 is 0.943 bits per heavy atom. The Morgan fingerprint density at radius 3 is 2.09 bits per heavy atom. The van der Waals surface area contributed by atoms with Gasteiger partial charge in [-0.3, -0.25) is 9.10 Å². The summed E-state index contributed by atoms with van der Waals surface area (Å²) >= 11 is 0. The smallest absolute Gasteiger partial charge is 0.251 e. The van der Waals surface area contributed by atoms with Crippen LogP contribution in [0.5, 0.6) is 5.75 Å². The molecule has 0 aliphatic rings. The van der Waals surface area contributed by atoms with E-state index in [9.17, 15) is 17.6 Å². The first-order valence-corrected chi connectivity index (χ1v) is 13.1. The highest BCUT2D eigenvalue weighted by molar-refractivity contribution is 7.92. The Bertz CT molecular complexity index is 1230. The van der Waals surface area contributed by atoms with Crippen LogP contribution >= 0.6 is 0 Å². The number of hydrogen-bond acceptors (Lipinski definition) is 4. The highest BCUT2D eigenvalue weighted by Gasteiger charge is 2.18. The lowest BCUT2D eigenvalue weighted by Crippen LogP contribution is -2.29. The maximum Gasteiger partial charge on any atom is 0.251 e. The average molecular weight is 499 g/mol. The normalized spacial score (nSPS) is 11.7. The molecule has 0 aromatic heterocycles. The standard InChI is InChI=1S/C27H31FN2O4S/c1-27(2,3)22-9-15-25(16-10-22)34-18-17-29-26(31)21-7-5-20(6-8-21)19-30(35(4,32)33)24-13-11-23(28)12-14-24/h5-16H,17-19H2,1-4H3,(H,29,31). The van der Waals surface area contributed by atoms with Gasteiger partial charge in [0.15, 0.2) is 0 Å². The number of rotatable bonds is 9. The van der Waals surface area contributed by atoms with Crippen LogP contribution in [0.3, 0.4) is 0 Å². The third-order valence-corrected chi connectivity index (χ3v) is 6.57. The van der Waals surface area contributed by atoms with Crippen LogP contribution in [0.2, 0.25) is 0 Å². The molecular weight excluding hydrogens is 467 g/mol. The molecule has 8 heteroatoms. The average Bonchev–Trinajstić information content (AvgIpc) is 2.80. The number of sulfonamides is 1. The number of carbonyl (C=O) groups is 1. The molecule has 0 aliphatic heterocycles. The van der Waals surface area contributed by atoms with E-state index in [-0.39, 0.29) is 17.9 Å². The number of nitrogens with zero attached hydrogens (tertiary/aromatic N) is 1. The minimum atomic E-state index is -3.59. The Morgan fingerprint density at radius 2 is 1.54 bits per heavy atom. The number of carbonyl (C=O) groups excluding carboxylic acids is 1. The number of ether oxygens (including phenoxy) is 1. The van der Waals surface area contributed by atoms with Gasteiger partial charge < -0.3 is 10.1 Å². The summed E-state index contributed by atoms with van der Waals surface area (Å²) in [6.07, 6.45) is 1.10. The molecule has 0 heterocycles. The second-order valence-electron chi connectivity index (χ2n) is 9.32. The second kappa shape index (κ2) is 10.9. The maximum absolute atomic E-state index is 13.2. The minimum absolute atomic E-state index is 0.0637. The molecule has 0 radical (unpaired) electrons. The monoisotopic (exact) mass is 498 g/mol. The highest BCUT2D eigenvalue weighted by atomic mass is 32.2. The van der Waals surface area contributed by atoms with Crippen molar-refractivity contribution < 1.29 is 22.3 Å². The molecule has 0 saturated heterocycles. The Labute approximate surface area is 206 Å². The van der Waals surface area contributed by atoms with Gasteiger partial charge in [-0.1, -0.05) is 45.0 Å². The van der Waals surface area contributed by atoms with Crippen molar-refractivity contribution in [2.45, 2.75) is 32.7 Å². The summed E-state index contributed by atoms with van der Waals surface area (Å²) in [5.41, 5.74) is 2.81. The van der Waals surface area contributed by atoms with E-state index in [2.05, 4.69) is 26.1 Å². The number of benzene rings is 3. The van der Waals surface area contributed by atoms with E-state index < -0.39 is 15.8 Å². The first kappa shape index (κ1) is 26.2. The highest BCUT2D eigenvalue weighted by Crippen LogP contribution is 2.24. The van der Waals surface area contributed by atoms with Gasteiger partial charge in [-0.05, 0) is 65.1 Å². The lowest BCUT2D eigenvalue weighted by Gasteiger charge is -2.22. The van der Waals surface area contributed by atoms with Gasteiger partial charge in [0.2, 0.25) is 10.0 Å². The number of nitrogens with one attached hydrogen (secondary N) is 1. The molecule has 0 aliphatic carbocycles. The van der Waals surface area contributed by atoms with Crippen LogP contribution in [-0.2, 0) is 22.0 Å². The molecule has 0 fully saturated rings.